The Balaban J connectivity index is 2.24. The third-order valence-electron chi connectivity index (χ3n) is 3.41. The van der Waals surface area contributed by atoms with E-state index >= 15 is 0 Å². The molecule has 1 aliphatic heterocycles. The Hall–Kier alpha value is -0.920. The van der Waals surface area contributed by atoms with E-state index in [0.29, 0.717) is 6.54 Å². The summed E-state index contributed by atoms with van der Waals surface area (Å²) in [6, 6.07) is -0.0135. The molecule has 102 valence electrons. The number of piperazine rings is 1. The van der Waals surface area contributed by atoms with Gasteiger partial charge in [0.25, 0.3) is 10.0 Å². The molecule has 18 heavy (non-hydrogen) atoms. The molecule has 1 saturated heterocycles. The van der Waals surface area contributed by atoms with E-state index < -0.39 is 10.0 Å². The highest BCUT2D eigenvalue weighted by Crippen LogP contribution is 2.19. The molecule has 1 aliphatic rings. The van der Waals surface area contributed by atoms with Crippen LogP contribution in [0.3, 0.4) is 0 Å². The van der Waals surface area contributed by atoms with Crippen molar-refractivity contribution in [1.29, 1.82) is 0 Å². The first-order valence-corrected chi connectivity index (χ1v) is 7.62. The third kappa shape index (κ3) is 2.30. The van der Waals surface area contributed by atoms with E-state index in [-0.39, 0.29) is 11.2 Å². The summed E-state index contributed by atoms with van der Waals surface area (Å²) in [7, 11) is -1.77. The Morgan fingerprint density at radius 1 is 1.44 bits per heavy atom. The summed E-state index contributed by atoms with van der Waals surface area (Å²) in [4.78, 5) is 6.22. The smallest absolute Gasteiger partial charge is 0.277 e. The van der Waals surface area contributed by atoms with Gasteiger partial charge in [-0.1, -0.05) is 6.92 Å². The molecule has 0 unspecified atom stereocenters. The lowest BCUT2D eigenvalue weighted by molar-refractivity contribution is 0.149. The molecule has 2 rings (SSSR count). The average Bonchev–Trinajstić information content (AvgIpc) is 2.75. The molecule has 7 heteroatoms. The summed E-state index contributed by atoms with van der Waals surface area (Å²) in [5, 5.41) is 0.124. The molecule has 1 aromatic rings. The van der Waals surface area contributed by atoms with Crippen LogP contribution in [0.4, 0.5) is 0 Å². The highest BCUT2D eigenvalue weighted by molar-refractivity contribution is 7.89. The predicted octanol–water partition coefficient (Wildman–Crippen LogP) is 0.135. The number of sulfonamides is 1. The quantitative estimate of drug-likeness (QED) is 0.785. The van der Waals surface area contributed by atoms with Gasteiger partial charge in [-0.3, -0.25) is 0 Å². The van der Waals surface area contributed by atoms with Crippen molar-refractivity contribution in [2.45, 2.75) is 25.0 Å². The predicted molar refractivity (Wildman–Crippen MR) is 68.7 cm³/mol. The van der Waals surface area contributed by atoms with Crippen molar-refractivity contribution >= 4 is 10.0 Å². The molecule has 0 aromatic carbocycles. The van der Waals surface area contributed by atoms with Gasteiger partial charge in [0.1, 0.15) is 0 Å². The molecule has 0 radical (unpaired) electrons. The van der Waals surface area contributed by atoms with Crippen LogP contribution in [-0.2, 0) is 17.1 Å². The molecule has 6 nitrogen and oxygen atoms in total. The first-order chi connectivity index (χ1) is 8.46. The van der Waals surface area contributed by atoms with Gasteiger partial charge in [0.2, 0.25) is 5.16 Å². The van der Waals surface area contributed by atoms with E-state index in [4.69, 9.17) is 0 Å². The van der Waals surface area contributed by atoms with E-state index in [2.05, 4.69) is 16.8 Å². The normalized spacial score (nSPS) is 23.4. The average molecular weight is 272 g/mol. The fraction of sp³-hybridized carbons (Fsp3) is 0.727. The standard InChI is InChI=1S/C11H20N4O2S/c1-4-14-7-8-15(10(2)9-14)18(16,17)11-12-5-6-13(11)3/h5-6,10H,4,7-9H2,1-3H3/t10-/m1/s1. The molecule has 0 spiro atoms. The van der Waals surface area contributed by atoms with E-state index in [1.54, 1.807) is 22.1 Å². The summed E-state index contributed by atoms with van der Waals surface area (Å²) in [5.74, 6) is 0. The highest BCUT2D eigenvalue weighted by Gasteiger charge is 2.35. The van der Waals surface area contributed by atoms with Crippen LogP contribution < -0.4 is 0 Å². The summed E-state index contributed by atoms with van der Waals surface area (Å²) >= 11 is 0. The number of aromatic nitrogens is 2. The lowest BCUT2D eigenvalue weighted by Gasteiger charge is -2.38. The Labute approximate surface area is 108 Å². The van der Waals surface area contributed by atoms with Gasteiger partial charge in [-0.25, -0.2) is 13.4 Å². The number of hydrogen-bond acceptors (Lipinski definition) is 4. The molecule has 0 N–H and O–H groups in total. The van der Waals surface area contributed by atoms with Crippen molar-refractivity contribution in [3.63, 3.8) is 0 Å². The second-order valence-electron chi connectivity index (χ2n) is 4.68. The van der Waals surface area contributed by atoms with Gasteiger partial charge < -0.3 is 9.47 Å². The monoisotopic (exact) mass is 272 g/mol. The van der Waals surface area contributed by atoms with Crippen LogP contribution in [0.15, 0.2) is 17.6 Å². The summed E-state index contributed by atoms with van der Waals surface area (Å²) in [6.45, 7) is 7.09. The number of rotatable bonds is 3. The first-order valence-electron chi connectivity index (χ1n) is 6.18. The lowest BCUT2D eigenvalue weighted by atomic mass is 10.2. The largest absolute Gasteiger partial charge is 0.324 e. The Kier molecular flexibility index (Phi) is 3.74. The van der Waals surface area contributed by atoms with Gasteiger partial charge >= 0.3 is 0 Å². The molecule has 1 aromatic heterocycles. The maximum atomic E-state index is 12.5. The minimum atomic E-state index is -3.47. The van der Waals surface area contributed by atoms with Crippen LogP contribution in [0.25, 0.3) is 0 Å². The maximum Gasteiger partial charge on any atom is 0.277 e. The number of imidazole rings is 1. The minimum absolute atomic E-state index is 0.0135. The van der Waals surface area contributed by atoms with Crippen molar-refractivity contribution in [3.8, 4) is 0 Å². The van der Waals surface area contributed by atoms with Crippen LogP contribution in [-0.4, -0.2) is 59.4 Å². The van der Waals surface area contributed by atoms with Crippen LogP contribution in [0.5, 0.6) is 0 Å². The summed E-state index contributed by atoms with van der Waals surface area (Å²) < 4.78 is 28.1. The number of likely N-dealkylation sites (N-methyl/N-ethyl adjacent to an activating group) is 1. The van der Waals surface area contributed by atoms with Crippen molar-refractivity contribution in [2.75, 3.05) is 26.2 Å². The Morgan fingerprint density at radius 3 is 2.67 bits per heavy atom. The van der Waals surface area contributed by atoms with Crippen molar-refractivity contribution in [2.24, 2.45) is 7.05 Å². The molecule has 0 bridgehead atoms. The fourth-order valence-corrected chi connectivity index (χ4v) is 4.06. The second kappa shape index (κ2) is 4.99. The number of aryl methyl sites for hydroxylation is 1. The van der Waals surface area contributed by atoms with Gasteiger partial charge in [-0.2, -0.15) is 4.31 Å². The van der Waals surface area contributed by atoms with Crippen LogP contribution in [0.2, 0.25) is 0 Å². The van der Waals surface area contributed by atoms with Crippen molar-refractivity contribution in [3.05, 3.63) is 12.4 Å². The molecule has 0 saturated carbocycles. The summed E-state index contributed by atoms with van der Waals surface area (Å²) in [5.41, 5.74) is 0. The molecule has 0 amide bonds. The number of nitrogens with zero attached hydrogens (tertiary/aromatic N) is 4. The molecule has 0 aliphatic carbocycles. The van der Waals surface area contributed by atoms with Gasteiger partial charge in [0.05, 0.1) is 0 Å². The highest BCUT2D eigenvalue weighted by atomic mass is 32.2. The molecule has 1 fully saturated rings. The van der Waals surface area contributed by atoms with Crippen LogP contribution >= 0.6 is 0 Å². The van der Waals surface area contributed by atoms with Gasteiger partial charge in [-0.05, 0) is 13.5 Å². The van der Waals surface area contributed by atoms with E-state index in [0.717, 1.165) is 19.6 Å². The minimum Gasteiger partial charge on any atom is -0.324 e. The van der Waals surface area contributed by atoms with Gasteiger partial charge in [0, 0.05) is 45.1 Å². The topological polar surface area (TPSA) is 58.4 Å². The zero-order valence-electron chi connectivity index (χ0n) is 11.1. The molecular formula is C11H20N4O2S. The van der Waals surface area contributed by atoms with E-state index in [9.17, 15) is 8.42 Å². The molecule has 1 atom stereocenters. The van der Waals surface area contributed by atoms with E-state index in [1.807, 2.05) is 6.92 Å². The third-order valence-corrected chi connectivity index (χ3v) is 5.43. The van der Waals surface area contributed by atoms with Gasteiger partial charge in [0.15, 0.2) is 0 Å². The fourth-order valence-electron chi connectivity index (χ4n) is 2.37. The van der Waals surface area contributed by atoms with Crippen molar-refractivity contribution in [1.82, 2.24) is 18.8 Å². The lowest BCUT2D eigenvalue weighted by Crippen LogP contribution is -2.53. The number of hydrogen-bond donors (Lipinski definition) is 0. The zero-order valence-corrected chi connectivity index (χ0v) is 11.9. The Morgan fingerprint density at radius 2 is 2.17 bits per heavy atom. The summed E-state index contributed by atoms with van der Waals surface area (Å²) in [6.07, 6.45) is 3.17. The Bertz CT molecular complexity index is 511. The zero-order chi connectivity index (χ0) is 13.3. The second-order valence-corrected chi connectivity index (χ2v) is 6.46. The maximum absolute atomic E-state index is 12.5. The van der Waals surface area contributed by atoms with Crippen molar-refractivity contribution < 1.29 is 8.42 Å². The SMILES string of the molecule is CCN1CCN(S(=O)(=O)c2nccn2C)[C@H](C)C1. The van der Waals surface area contributed by atoms with E-state index in [1.165, 1.54) is 6.20 Å². The molecule has 2 heterocycles. The van der Waals surface area contributed by atoms with Crippen LogP contribution in [0.1, 0.15) is 13.8 Å². The first kappa shape index (κ1) is 13.5. The van der Waals surface area contributed by atoms with Gasteiger partial charge in [-0.15, -0.1) is 0 Å². The molecular weight excluding hydrogens is 252 g/mol. The van der Waals surface area contributed by atoms with Crippen LogP contribution in [0, 0.1) is 0 Å².